The fourth-order valence-corrected chi connectivity index (χ4v) is 4.37. The van der Waals surface area contributed by atoms with Crippen molar-refractivity contribution in [2.24, 2.45) is 0 Å². The number of nitriles is 1. The number of halogens is 1. The second-order valence-corrected chi connectivity index (χ2v) is 8.49. The summed E-state index contributed by atoms with van der Waals surface area (Å²) in [4.78, 5) is 15.9. The second kappa shape index (κ2) is 9.69. The Morgan fingerprint density at radius 2 is 1.81 bits per heavy atom. The van der Waals surface area contributed by atoms with Gasteiger partial charge in [-0.3, -0.25) is 9.89 Å². The highest BCUT2D eigenvalue weighted by atomic mass is 35.5. The van der Waals surface area contributed by atoms with Crippen molar-refractivity contribution in [1.29, 1.82) is 5.26 Å². The van der Waals surface area contributed by atoms with E-state index in [9.17, 15) is 4.79 Å². The Morgan fingerprint density at radius 1 is 1.06 bits per heavy atom. The number of benzene rings is 3. The van der Waals surface area contributed by atoms with E-state index in [0.717, 1.165) is 26.9 Å². The van der Waals surface area contributed by atoms with Crippen LogP contribution in [0.4, 0.5) is 0 Å². The van der Waals surface area contributed by atoms with E-state index in [4.69, 9.17) is 16.9 Å². The molecule has 7 heteroatoms. The fraction of sp³-hybridized carbons (Fsp3) is 0.125. The third kappa shape index (κ3) is 5.26. The van der Waals surface area contributed by atoms with Gasteiger partial charge in [0.05, 0.1) is 34.1 Å². The van der Waals surface area contributed by atoms with Crippen LogP contribution in [0.2, 0.25) is 5.02 Å². The number of aromatic nitrogens is 2. The average molecular weight is 447 g/mol. The molecule has 0 radical (unpaired) electrons. The highest BCUT2D eigenvalue weighted by Crippen LogP contribution is 2.27. The zero-order valence-electron chi connectivity index (χ0n) is 16.6. The van der Waals surface area contributed by atoms with E-state index >= 15 is 0 Å². The van der Waals surface area contributed by atoms with Crippen LogP contribution in [-0.4, -0.2) is 26.8 Å². The Balaban J connectivity index is 1.53. The van der Waals surface area contributed by atoms with E-state index in [2.05, 4.69) is 16.3 Å². The van der Waals surface area contributed by atoms with Gasteiger partial charge in [-0.05, 0) is 41.5 Å². The van der Waals surface area contributed by atoms with Gasteiger partial charge in [-0.2, -0.15) is 10.4 Å². The molecule has 4 aromatic rings. The summed E-state index contributed by atoms with van der Waals surface area (Å²) in [5.74, 6) is 0.297. The Morgan fingerprint density at radius 3 is 2.58 bits per heavy atom. The molecule has 0 saturated carbocycles. The highest BCUT2D eigenvalue weighted by Gasteiger charge is 2.16. The smallest absolute Gasteiger partial charge is 0.233 e. The summed E-state index contributed by atoms with van der Waals surface area (Å²) in [5.41, 5.74) is 3.52. The van der Waals surface area contributed by atoms with E-state index in [1.54, 1.807) is 18.3 Å². The Kier molecular flexibility index (Phi) is 6.56. The van der Waals surface area contributed by atoms with Gasteiger partial charge in [0.25, 0.3) is 0 Å². The first-order valence-corrected chi connectivity index (χ1v) is 11.0. The van der Waals surface area contributed by atoms with Crippen LogP contribution in [0.5, 0.6) is 0 Å². The van der Waals surface area contributed by atoms with Crippen molar-refractivity contribution in [3.05, 3.63) is 94.6 Å². The zero-order valence-corrected chi connectivity index (χ0v) is 18.2. The lowest BCUT2D eigenvalue weighted by atomic mass is 10.1. The largest absolute Gasteiger partial charge is 0.333 e. The lowest BCUT2D eigenvalue weighted by Gasteiger charge is -2.23. The summed E-state index contributed by atoms with van der Waals surface area (Å²) >= 11 is 7.67. The number of amides is 1. The molecule has 5 nitrogen and oxygen atoms in total. The lowest BCUT2D eigenvalue weighted by Crippen LogP contribution is -2.31. The predicted molar refractivity (Wildman–Crippen MR) is 124 cm³/mol. The summed E-state index contributed by atoms with van der Waals surface area (Å²) in [6, 6.07) is 23.0. The number of thioether (sulfide) groups is 1. The molecule has 0 aliphatic carbocycles. The Hall–Kier alpha value is -3.27. The van der Waals surface area contributed by atoms with Gasteiger partial charge in [0, 0.05) is 23.4 Å². The summed E-state index contributed by atoms with van der Waals surface area (Å²) in [6.07, 6.45) is 1.78. The van der Waals surface area contributed by atoms with E-state index in [0.29, 0.717) is 23.7 Å². The fourth-order valence-electron chi connectivity index (χ4n) is 3.23. The van der Waals surface area contributed by atoms with Crippen molar-refractivity contribution in [2.75, 3.05) is 5.75 Å². The van der Waals surface area contributed by atoms with Crippen LogP contribution >= 0.6 is 23.4 Å². The molecule has 3 aromatic carbocycles. The van der Waals surface area contributed by atoms with Crippen LogP contribution in [0.15, 0.2) is 77.8 Å². The third-order valence-corrected chi connectivity index (χ3v) is 6.38. The van der Waals surface area contributed by atoms with Gasteiger partial charge < -0.3 is 4.90 Å². The summed E-state index contributed by atoms with van der Waals surface area (Å²) in [5, 5.41) is 17.7. The van der Waals surface area contributed by atoms with Crippen LogP contribution in [0.1, 0.15) is 16.7 Å². The molecule has 31 heavy (non-hydrogen) atoms. The maximum atomic E-state index is 13.2. The molecule has 0 aliphatic rings. The molecule has 0 spiro atoms. The molecule has 0 fully saturated rings. The lowest BCUT2D eigenvalue weighted by molar-refractivity contribution is -0.129. The molecule has 1 amide bonds. The highest BCUT2D eigenvalue weighted by molar-refractivity contribution is 8.00. The van der Waals surface area contributed by atoms with Crippen molar-refractivity contribution < 1.29 is 4.79 Å². The SMILES string of the molecule is N#Cc1ccc(CN(Cc2ccc3cn[nH]c3c2)C(=O)CSc2ccccc2Cl)cc1. The minimum atomic E-state index is 0.0130. The third-order valence-electron chi connectivity index (χ3n) is 4.88. The Bertz CT molecular complexity index is 1250. The zero-order chi connectivity index (χ0) is 21.6. The number of carbonyl (C=O) groups excluding carboxylic acids is 1. The molecule has 1 heterocycles. The number of hydrogen-bond donors (Lipinski definition) is 1. The van der Waals surface area contributed by atoms with Gasteiger partial charge in [-0.1, -0.05) is 48.0 Å². The van der Waals surface area contributed by atoms with Crippen LogP contribution in [0.3, 0.4) is 0 Å². The van der Waals surface area contributed by atoms with E-state index in [1.807, 2.05) is 59.5 Å². The molecule has 4 rings (SSSR count). The van der Waals surface area contributed by atoms with Gasteiger partial charge in [-0.25, -0.2) is 0 Å². The normalized spacial score (nSPS) is 10.7. The van der Waals surface area contributed by atoms with E-state index in [1.165, 1.54) is 11.8 Å². The number of hydrogen-bond acceptors (Lipinski definition) is 4. The molecule has 1 N–H and O–H groups in total. The first kappa shape index (κ1) is 21.0. The van der Waals surface area contributed by atoms with Crippen LogP contribution in [0, 0.1) is 11.3 Å². The van der Waals surface area contributed by atoms with Crippen molar-refractivity contribution in [2.45, 2.75) is 18.0 Å². The van der Waals surface area contributed by atoms with Crippen molar-refractivity contribution in [1.82, 2.24) is 15.1 Å². The van der Waals surface area contributed by atoms with Crippen molar-refractivity contribution >= 4 is 40.2 Å². The van der Waals surface area contributed by atoms with E-state index < -0.39 is 0 Å². The van der Waals surface area contributed by atoms with E-state index in [-0.39, 0.29) is 11.7 Å². The molecule has 0 saturated heterocycles. The quantitative estimate of drug-likeness (QED) is 0.385. The molecule has 0 atom stereocenters. The second-order valence-electron chi connectivity index (χ2n) is 7.07. The molecule has 0 unspecified atom stereocenters. The average Bonchev–Trinajstić information content (AvgIpc) is 3.26. The summed E-state index contributed by atoms with van der Waals surface area (Å²) in [6.45, 7) is 0.922. The molecule has 154 valence electrons. The molecular formula is C24H19ClN4OS. The monoisotopic (exact) mass is 446 g/mol. The first-order valence-electron chi connectivity index (χ1n) is 9.68. The van der Waals surface area contributed by atoms with Crippen molar-refractivity contribution in [3.63, 3.8) is 0 Å². The number of carbonyl (C=O) groups is 1. The van der Waals surface area contributed by atoms with Gasteiger partial charge in [0.1, 0.15) is 0 Å². The number of nitrogens with zero attached hydrogens (tertiary/aromatic N) is 3. The van der Waals surface area contributed by atoms with Gasteiger partial charge in [0.2, 0.25) is 5.91 Å². The first-order chi connectivity index (χ1) is 15.1. The van der Waals surface area contributed by atoms with Gasteiger partial charge >= 0.3 is 0 Å². The maximum absolute atomic E-state index is 13.2. The number of aromatic amines is 1. The molecule has 0 aliphatic heterocycles. The van der Waals surface area contributed by atoms with Gasteiger partial charge in [0.15, 0.2) is 0 Å². The van der Waals surface area contributed by atoms with Crippen LogP contribution in [0.25, 0.3) is 10.9 Å². The summed E-state index contributed by atoms with van der Waals surface area (Å²) in [7, 11) is 0. The molecule has 1 aromatic heterocycles. The minimum Gasteiger partial charge on any atom is -0.333 e. The number of rotatable bonds is 7. The van der Waals surface area contributed by atoms with Crippen LogP contribution in [-0.2, 0) is 17.9 Å². The number of nitrogens with one attached hydrogen (secondary N) is 1. The topological polar surface area (TPSA) is 72.8 Å². The van der Waals surface area contributed by atoms with Crippen LogP contribution < -0.4 is 0 Å². The van der Waals surface area contributed by atoms with Crippen molar-refractivity contribution in [3.8, 4) is 6.07 Å². The minimum absolute atomic E-state index is 0.0130. The number of fused-ring (bicyclic) bond motifs is 1. The standard InChI is InChI=1S/C24H19ClN4OS/c25-21-3-1-2-4-23(21)31-16-24(30)29(14-18-7-5-17(12-26)6-8-18)15-19-9-10-20-13-27-28-22(20)11-19/h1-11,13H,14-16H2,(H,27,28). The number of H-pyrrole nitrogens is 1. The maximum Gasteiger partial charge on any atom is 0.233 e. The summed E-state index contributed by atoms with van der Waals surface area (Å²) < 4.78 is 0. The van der Waals surface area contributed by atoms with Gasteiger partial charge in [-0.15, -0.1) is 11.8 Å². The molecular weight excluding hydrogens is 428 g/mol. The molecule has 0 bridgehead atoms. The predicted octanol–water partition coefficient (Wildman–Crippen LogP) is 5.41. The Labute approximate surface area is 189 Å².